The molecule has 0 bridgehead atoms. The molecule has 0 spiro atoms. The van der Waals surface area contributed by atoms with Gasteiger partial charge in [-0.2, -0.15) is 11.8 Å². The molecular formula is C13H19NO3S. The van der Waals surface area contributed by atoms with Crippen molar-refractivity contribution in [2.75, 3.05) is 31.0 Å². The van der Waals surface area contributed by atoms with E-state index in [1.54, 1.807) is 30.0 Å². The van der Waals surface area contributed by atoms with E-state index in [-0.39, 0.29) is 5.97 Å². The van der Waals surface area contributed by atoms with Gasteiger partial charge < -0.3 is 15.2 Å². The predicted molar refractivity (Wildman–Crippen MR) is 75.3 cm³/mol. The third-order valence-electron chi connectivity index (χ3n) is 2.28. The van der Waals surface area contributed by atoms with Gasteiger partial charge in [0, 0.05) is 0 Å². The van der Waals surface area contributed by atoms with Crippen molar-refractivity contribution in [2.45, 2.75) is 13.3 Å². The van der Waals surface area contributed by atoms with Gasteiger partial charge in [-0.1, -0.05) is 6.07 Å². The number of anilines is 1. The molecule has 100 valence electrons. The third kappa shape index (κ3) is 4.14. The fourth-order valence-corrected chi connectivity index (χ4v) is 1.87. The maximum absolute atomic E-state index is 11.9. The Hall–Kier alpha value is -1.36. The summed E-state index contributed by atoms with van der Waals surface area (Å²) in [6, 6.07) is 5.09. The number of esters is 1. The first-order valence-corrected chi connectivity index (χ1v) is 7.27. The number of benzene rings is 1. The van der Waals surface area contributed by atoms with Crippen molar-refractivity contribution in [3.63, 3.8) is 0 Å². The van der Waals surface area contributed by atoms with Gasteiger partial charge in [-0.05, 0) is 37.5 Å². The fraction of sp³-hybridized carbons (Fsp3) is 0.462. The second-order valence-electron chi connectivity index (χ2n) is 3.64. The Morgan fingerprint density at radius 2 is 2.22 bits per heavy atom. The fourth-order valence-electron chi connectivity index (χ4n) is 1.47. The number of ether oxygens (including phenoxy) is 2. The van der Waals surface area contributed by atoms with Gasteiger partial charge in [-0.15, -0.1) is 0 Å². The summed E-state index contributed by atoms with van der Waals surface area (Å²) in [5.74, 6) is 1.00. The van der Waals surface area contributed by atoms with Gasteiger partial charge in [0.25, 0.3) is 0 Å². The molecule has 0 aliphatic carbocycles. The molecule has 0 atom stereocenters. The monoisotopic (exact) mass is 269 g/mol. The Morgan fingerprint density at radius 3 is 2.89 bits per heavy atom. The number of rotatable bonds is 7. The topological polar surface area (TPSA) is 61.5 Å². The molecule has 5 heteroatoms. The molecule has 0 saturated heterocycles. The van der Waals surface area contributed by atoms with Crippen LogP contribution >= 0.6 is 11.8 Å². The molecule has 0 aromatic heterocycles. The number of para-hydroxylation sites is 1. The summed E-state index contributed by atoms with van der Waals surface area (Å²) < 4.78 is 10.6. The first-order chi connectivity index (χ1) is 8.70. The average Bonchev–Trinajstić information content (AvgIpc) is 2.37. The smallest absolute Gasteiger partial charge is 0.342 e. The van der Waals surface area contributed by atoms with Crippen LogP contribution in [0.2, 0.25) is 0 Å². The van der Waals surface area contributed by atoms with Crippen LogP contribution in [0, 0.1) is 0 Å². The van der Waals surface area contributed by atoms with Gasteiger partial charge >= 0.3 is 5.97 Å². The van der Waals surface area contributed by atoms with Crippen LogP contribution in [-0.4, -0.2) is 31.2 Å². The van der Waals surface area contributed by atoms with E-state index in [0.717, 1.165) is 12.2 Å². The number of hydrogen-bond acceptors (Lipinski definition) is 5. The van der Waals surface area contributed by atoms with E-state index in [9.17, 15) is 4.79 Å². The zero-order valence-electron chi connectivity index (χ0n) is 10.8. The second kappa shape index (κ2) is 7.87. The lowest BCUT2D eigenvalue weighted by atomic mass is 10.1. The van der Waals surface area contributed by atoms with Crippen LogP contribution in [0.1, 0.15) is 23.7 Å². The minimum atomic E-state index is -0.383. The quantitative estimate of drug-likeness (QED) is 0.468. The molecule has 1 aromatic carbocycles. The Labute approximate surface area is 112 Å². The molecule has 0 unspecified atom stereocenters. The minimum absolute atomic E-state index is 0.383. The van der Waals surface area contributed by atoms with E-state index in [4.69, 9.17) is 15.2 Å². The number of thioether (sulfide) groups is 1. The molecule has 0 amide bonds. The molecule has 0 saturated carbocycles. The SMILES string of the molecule is CCOc1c(N)cccc1C(=O)OCCCSC. The molecular weight excluding hydrogens is 250 g/mol. The highest BCUT2D eigenvalue weighted by Gasteiger charge is 2.15. The third-order valence-corrected chi connectivity index (χ3v) is 2.98. The lowest BCUT2D eigenvalue weighted by Crippen LogP contribution is -2.10. The zero-order chi connectivity index (χ0) is 13.4. The lowest BCUT2D eigenvalue weighted by Gasteiger charge is -2.12. The standard InChI is InChI=1S/C13H19NO3S/c1-3-16-12-10(6-4-7-11(12)14)13(15)17-8-5-9-18-2/h4,6-7H,3,5,8-9,14H2,1-2H3. The summed E-state index contributed by atoms with van der Waals surface area (Å²) in [6.07, 6.45) is 2.87. The highest BCUT2D eigenvalue weighted by Crippen LogP contribution is 2.27. The van der Waals surface area contributed by atoms with Gasteiger partial charge in [0.1, 0.15) is 5.56 Å². The normalized spacial score (nSPS) is 10.1. The van der Waals surface area contributed by atoms with E-state index in [1.807, 2.05) is 13.2 Å². The molecule has 4 nitrogen and oxygen atoms in total. The van der Waals surface area contributed by atoms with Crippen LogP contribution in [0.25, 0.3) is 0 Å². The van der Waals surface area contributed by atoms with Crippen molar-refractivity contribution in [1.82, 2.24) is 0 Å². The Morgan fingerprint density at radius 1 is 1.44 bits per heavy atom. The second-order valence-corrected chi connectivity index (χ2v) is 4.62. The van der Waals surface area contributed by atoms with Crippen molar-refractivity contribution in [3.8, 4) is 5.75 Å². The number of carbonyl (C=O) groups is 1. The van der Waals surface area contributed by atoms with Crippen molar-refractivity contribution in [1.29, 1.82) is 0 Å². The van der Waals surface area contributed by atoms with E-state index in [1.165, 1.54) is 0 Å². The van der Waals surface area contributed by atoms with E-state index < -0.39 is 0 Å². The van der Waals surface area contributed by atoms with Gasteiger partial charge in [-0.25, -0.2) is 4.79 Å². The molecule has 1 aromatic rings. The van der Waals surface area contributed by atoms with Crippen molar-refractivity contribution < 1.29 is 14.3 Å². The summed E-state index contributed by atoms with van der Waals surface area (Å²) in [7, 11) is 0. The summed E-state index contributed by atoms with van der Waals surface area (Å²) in [6.45, 7) is 2.72. The predicted octanol–water partition coefficient (Wildman–Crippen LogP) is 2.58. The van der Waals surface area contributed by atoms with Crippen molar-refractivity contribution in [3.05, 3.63) is 23.8 Å². The maximum Gasteiger partial charge on any atom is 0.342 e. The number of nitrogens with two attached hydrogens (primary N) is 1. The molecule has 18 heavy (non-hydrogen) atoms. The molecule has 0 aliphatic rings. The van der Waals surface area contributed by atoms with Gasteiger partial charge in [0.15, 0.2) is 5.75 Å². The molecule has 0 heterocycles. The summed E-state index contributed by atoms with van der Waals surface area (Å²) in [5.41, 5.74) is 6.63. The first kappa shape index (κ1) is 14.7. The van der Waals surface area contributed by atoms with Crippen molar-refractivity contribution in [2.24, 2.45) is 0 Å². The number of nitrogen functional groups attached to an aromatic ring is 1. The van der Waals surface area contributed by atoms with E-state index in [2.05, 4.69) is 0 Å². The Bertz CT molecular complexity index is 396. The van der Waals surface area contributed by atoms with Gasteiger partial charge in [-0.3, -0.25) is 0 Å². The lowest BCUT2D eigenvalue weighted by molar-refractivity contribution is 0.0502. The highest BCUT2D eigenvalue weighted by atomic mass is 32.2. The molecule has 0 radical (unpaired) electrons. The molecule has 2 N–H and O–H groups in total. The largest absolute Gasteiger partial charge is 0.491 e. The highest BCUT2D eigenvalue weighted by molar-refractivity contribution is 7.98. The Kier molecular flexibility index (Phi) is 6.43. The molecule has 0 aliphatic heterocycles. The maximum atomic E-state index is 11.9. The average molecular weight is 269 g/mol. The van der Waals surface area contributed by atoms with Crippen LogP contribution < -0.4 is 10.5 Å². The van der Waals surface area contributed by atoms with Gasteiger partial charge in [0.05, 0.1) is 18.9 Å². The van der Waals surface area contributed by atoms with Crippen LogP contribution in [0.5, 0.6) is 5.75 Å². The molecule has 0 fully saturated rings. The summed E-state index contributed by atoms with van der Waals surface area (Å²) >= 11 is 1.73. The summed E-state index contributed by atoms with van der Waals surface area (Å²) in [4.78, 5) is 11.9. The van der Waals surface area contributed by atoms with Crippen LogP contribution in [-0.2, 0) is 4.74 Å². The first-order valence-electron chi connectivity index (χ1n) is 5.88. The van der Waals surface area contributed by atoms with Crippen LogP contribution in [0.3, 0.4) is 0 Å². The van der Waals surface area contributed by atoms with Crippen LogP contribution in [0.4, 0.5) is 5.69 Å². The van der Waals surface area contributed by atoms with Crippen LogP contribution in [0.15, 0.2) is 18.2 Å². The van der Waals surface area contributed by atoms with E-state index in [0.29, 0.717) is 30.2 Å². The number of hydrogen-bond donors (Lipinski definition) is 1. The Balaban J connectivity index is 2.69. The van der Waals surface area contributed by atoms with Crippen molar-refractivity contribution >= 4 is 23.4 Å². The molecule has 1 rings (SSSR count). The minimum Gasteiger partial charge on any atom is -0.491 e. The number of carbonyl (C=O) groups excluding carboxylic acids is 1. The zero-order valence-corrected chi connectivity index (χ0v) is 11.6. The van der Waals surface area contributed by atoms with Gasteiger partial charge in [0.2, 0.25) is 0 Å². The summed E-state index contributed by atoms with van der Waals surface area (Å²) in [5, 5.41) is 0. The van der Waals surface area contributed by atoms with E-state index >= 15 is 0 Å².